The summed E-state index contributed by atoms with van der Waals surface area (Å²) in [5.74, 6) is 0.896. The Morgan fingerprint density at radius 2 is 1.33 bits per heavy atom. The summed E-state index contributed by atoms with van der Waals surface area (Å²) in [7, 11) is 2.83. The van der Waals surface area contributed by atoms with E-state index >= 15 is 0 Å². The summed E-state index contributed by atoms with van der Waals surface area (Å²) in [6.45, 7) is 1.53. The van der Waals surface area contributed by atoms with E-state index in [1.165, 1.54) is 7.11 Å². The van der Waals surface area contributed by atoms with Crippen molar-refractivity contribution in [1.82, 2.24) is 35.1 Å². The topological polar surface area (TPSA) is 198 Å². The number of hydrogen-bond acceptors (Lipinski definition) is 9. The Balaban J connectivity index is 0.988. The second kappa shape index (κ2) is 16.8. The Morgan fingerprint density at radius 1 is 0.782 bits per heavy atom. The van der Waals surface area contributed by atoms with Crippen LogP contribution in [-0.2, 0) is 23.8 Å². The molecule has 0 bridgehead atoms. The fourth-order valence-electron chi connectivity index (χ4n) is 8.23. The molecule has 290 valence electrons. The standard InChI is InChI=1S/C40H48N8O7/c1-53-21-18-29(46-40(52)54-2)38(50)48-20-5-8-33(48)36-43-23-31(45-36)27-16-12-25(13-17-27)24-10-14-26(15-11-24)30-22-42-35(44-30)32-7-4-19-47(32)37(49)28-6-3-9-34(28)55-39(41)51/h10-17,22-23,28-29,32-34H,3-9,18-21H2,1-2H3,(H2,41,51)(H,42,44)(H,43,45)(H,46,52)/t28-,29-,32-,33-,34-/m0/s1. The minimum Gasteiger partial charge on any atom is -0.453 e. The number of methoxy groups -OCH3 is 2. The second-order valence-corrected chi connectivity index (χ2v) is 14.4. The third kappa shape index (κ3) is 8.21. The van der Waals surface area contributed by atoms with Crippen molar-refractivity contribution in [3.8, 4) is 33.6 Å². The predicted octanol–water partition coefficient (Wildman–Crippen LogP) is 5.49. The maximum Gasteiger partial charge on any atom is 0.407 e. The van der Waals surface area contributed by atoms with Gasteiger partial charge in [0.1, 0.15) is 23.8 Å². The van der Waals surface area contributed by atoms with Crippen LogP contribution in [0.2, 0.25) is 0 Å². The number of imidazole rings is 2. The molecule has 2 aromatic heterocycles. The average Bonchev–Trinajstić information content (AvgIpc) is 4.05. The van der Waals surface area contributed by atoms with Gasteiger partial charge in [-0.3, -0.25) is 9.59 Å². The van der Waals surface area contributed by atoms with Gasteiger partial charge in [-0.05, 0) is 67.2 Å². The van der Waals surface area contributed by atoms with Gasteiger partial charge in [-0.2, -0.15) is 0 Å². The molecule has 4 heterocycles. The lowest BCUT2D eigenvalue weighted by Gasteiger charge is -2.28. The molecule has 5 atom stereocenters. The first kappa shape index (κ1) is 37.6. The lowest BCUT2D eigenvalue weighted by molar-refractivity contribution is -0.139. The van der Waals surface area contributed by atoms with Crippen LogP contribution in [0.15, 0.2) is 60.9 Å². The number of nitrogens with one attached hydrogen (secondary N) is 3. The predicted molar refractivity (Wildman–Crippen MR) is 202 cm³/mol. The van der Waals surface area contributed by atoms with E-state index in [0.29, 0.717) is 44.8 Å². The van der Waals surface area contributed by atoms with Gasteiger partial charge in [-0.15, -0.1) is 0 Å². The molecular formula is C40H48N8O7. The molecule has 1 saturated carbocycles. The van der Waals surface area contributed by atoms with E-state index in [9.17, 15) is 19.2 Å². The molecule has 0 radical (unpaired) electrons. The number of H-pyrrole nitrogens is 2. The number of likely N-dealkylation sites (tertiary alicyclic amines) is 2. The number of alkyl carbamates (subject to hydrolysis) is 1. The number of nitrogens with zero attached hydrogens (tertiary/aromatic N) is 4. The lowest BCUT2D eigenvalue weighted by atomic mass is 10.0. The summed E-state index contributed by atoms with van der Waals surface area (Å²) in [6.07, 6.45) is 7.40. The molecule has 0 spiro atoms. The maximum atomic E-state index is 13.6. The summed E-state index contributed by atoms with van der Waals surface area (Å²) in [4.78, 5) is 70.3. The fourth-order valence-corrected chi connectivity index (χ4v) is 8.23. The first-order chi connectivity index (χ1) is 26.7. The summed E-state index contributed by atoms with van der Waals surface area (Å²) in [5, 5.41) is 2.65. The molecule has 3 fully saturated rings. The van der Waals surface area contributed by atoms with Crippen LogP contribution in [-0.4, -0.2) is 99.8 Å². The van der Waals surface area contributed by atoms with Crippen molar-refractivity contribution in [3.05, 3.63) is 72.6 Å². The zero-order valence-electron chi connectivity index (χ0n) is 31.2. The van der Waals surface area contributed by atoms with E-state index in [4.69, 9.17) is 19.9 Å². The van der Waals surface area contributed by atoms with E-state index in [2.05, 4.69) is 61.7 Å². The Hall–Kier alpha value is -5.70. The Labute approximate surface area is 319 Å². The normalized spacial score (nSPS) is 21.4. The third-order valence-corrected chi connectivity index (χ3v) is 11.0. The van der Waals surface area contributed by atoms with Crippen LogP contribution in [0.5, 0.6) is 0 Å². The van der Waals surface area contributed by atoms with E-state index in [-0.39, 0.29) is 29.8 Å². The molecule has 5 N–H and O–H groups in total. The van der Waals surface area contributed by atoms with Gasteiger partial charge < -0.3 is 45.0 Å². The number of rotatable bonds is 12. The average molecular weight is 753 g/mol. The number of primary amides is 1. The van der Waals surface area contributed by atoms with Gasteiger partial charge in [0.25, 0.3) is 0 Å². The highest BCUT2D eigenvalue weighted by molar-refractivity contribution is 5.86. The minimum atomic E-state index is -0.838. The van der Waals surface area contributed by atoms with E-state index in [1.807, 2.05) is 23.2 Å². The first-order valence-electron chi connectivity index (χ1n) is 19.0. The van der Waals surface area contributed by atoms with Crippen molar-refractivity contribution in [1.29, 1.82) is 0 Å². The number of hydrogen-bond donors (Lipinski definition) is 4. The Bertz CT molecular complexity index is 1980. The van der Waals surface area contributed by atoms with Gasteiger partial charge in [0.2, 0.25) is 11.8 Å². The molecule has 4 amide bonds. The molecular weight excluding hydrogens is 704 g/mol. The van der Waals surface area contributed by atoms with Crippen LogP contribution < -0.4 is 11.1 Å². The summed E-state index contributed by atoms with van der Waals surface area (Å²) in [6, 6.07) is 15.3. The zero-order valence-corrected chi connectivity index (χ0v) is 31.2. The minimum absolute atomic E-state index is 0.00144. The molecule has 2 saturated heterocycles. The highest BCUT2D eigenvalue weighted by Crippen LogP contribution is 2.38. The molecule has 1 aliphatic carbocycles. The van der Waals surface area contributed by atoms with Gasteiger partial charge in [0.15, 0.2) is 0 Å². The van der Waals surface area contributed by atoms with E-state index in [0.717, 1.165) is 71.6 Å². The van der Waals surface area contributed by atoms with Crippen molar-refractivity contribution in [2.24, 2.45) is 11.7 Å². The highest BCUT2D eigenvalue weighted by Gasteiger charge is 2.42. The van der Waals surface area contributed by atoms with Crippen molar-refractivity contribution < 1.29 is 33.4 Å². The monoisotopic (exact) mass is 752 g/mol. The van der Waals surface area contributed by atoms with Gasteiger partial charge >= 0.3 is 12.2 Å². The van der Waals surface area contributed by atoms with Crippen LogP contribution in [0.4, 0.5) is 9.59 Å². The fraction of sp³-hybridized carbons (Fsp3) is 0.450. The number of amides is 4. The molecule has 15 heteroatoms. The first-order valence-corrected chi connectivity index (χ1v) is 19.0. The quantitative estimate of drug-likeness (QED) is 0.145. The second-order valence-electron chi connectivity index (χ2n) is 14.4. The molecule has 7 rings (SSSR count). The number of benzene rings is 2. The Kier molecular flexibility index (Phi) is 11.5. The van der Waals surface area contributed by atoms with Crippen LogP contribution in [0.3, 0.4) is 0 Å². The summed E-state index contributed by atoms with van der Waals surface area (Å²) >= 11 is 0. The molecule has 4 aromatic rings. The Morgan fingerprint density at radius 3 is 1.87 bits per heavy atom. The SMILES string of the molecule is COCC[C@H](NC(=O)OC)C(=O)N1CCC[C@H]1c1ncc(-c2ccc(-c3ccc(-c4cnc([C@@H]5CCCN5C(=O)[C@H]5CCC[C@@H]5OC(N)=O)[nH]4)cc3)cc2)[nH]1. The van der Waals surface area contributed by atoms with Crippen LogP contribution in [0, 0.1) is 5.92 Å². The zero-order chi connectivity index (χ0) is 38.5. The third-order valence-electron chi connectivity index (χ3n) is 11.0. The van der Waals surface area contributed by atoms with E-state index in [1.54, 1.807) is 18.2 Å². The van der Waals surface area contributed by atoms with Gasteiger partial charge in [0, 0.05) is 33.2 Å². The number of aromatic nitrogens is 4. The summed E-state index contributed by atoms with van der Waals surface area (Å²) < 4.78 is 15.2. The van der Waals surface area contributed by atoms with Gasteiger partial charge in [-0.25, -0.2) is 19.6 Å². The van der Waals surface area contributed by atoms with Crippen LogP contribution in [0.1, 0.15) is 75.1 Å². The van der Waals surface area contributed by atoms with Crippen molar-refractivity contribution >= 4 is 24.0 Å². The van der Waals surface area contributed by atoms with Crippen molar-refractivity contribution in [2.45, 2.75) is 75.6 Å². The smallest absolute Gasteiger partial charge is 0.407 e. The molecule has 15 nitrogen and oxygen atoms in total. The number of nitrogens with two attached hydrogens (primary N) is 1. The number of aromatic amines is 2. The van der Waals surface area contributed by atoms with Crippen molar-refractivity contribution in [2.75, 3.05) is 33.9 Å². The van der Waals surface area contributed by atoms with Crippen LogP contribution >= 0.6 is 0 Å². The lowest BCUT2D eigenvalue weighted by Crippen LogP contribution is -2.49. The van der Waals surface area contributed by atoms with Gasteiger partial charge in [0.05, 0.1) is 48.9 Å². The number of ether oxygens (including phenoxy) is 3. The van der Waals surface area contributed by atoms with Gasteiger partial charge in [-0.1, -0.05) is 48.5 Å². The number of carbonyl (C=O) groups is 4. The highest BCUT2D eigenvalue weighted by atomic mass is 16.6. The molecule has 2 aliphatic heterocycles. The molecule has 3 aliphatic rings. The maximum absolute atomic E-state index is 13.6. The molecule has 0 unspecified atom stereocenters. The van der Waals surface area contributed by atoms with Crippen molar-refractivity contribution in [3.63, 3.8) is 0 Å². The van der Waals surface area contributed by atoms with E-state index < -0.39 is 24.3 Å². The molecule has 55 heavy (non-hydrogen) atoms. The van der Waals surface area contributed by atoms with Crippen LogP contribution in [0.25, 0.3) is 33.6 Å². The number of carbonyl (C=O) groups excluding carboxylic acids is 4. The summed E-state index contributed by atoms with van der Waals surface area (Å²) in [5.41, 5.74) is 11.0. The molecule has 2 aromatic carbocycles. The largest absolute Gasteiger partial charge is 0.453 e.